The number of carbonyl (C=O) groups excluding carboxylic acids is 1. The first-order chi connectivity index (χ1) is 16.0. The lowest BCUT2D eigenvalue weighted by molar-refractivity contribution is -0.462. The lowest BCUT2D eigenvalue weighted by atomic mass is 9.87. The van der Waals surface area contributed by atoms with Crippen molar-refractivity contribution in [2.45, 2.75) is 60.2 Å². The van der Waals surface area contributed by atoms with E-state index in [1.165, 1.54) is 5.32 Å². The van der Waals surface area contributed by atoms with Crippen molar-refractivity contribution >= 4 is 11.9 Å². The number of amides is 1. The third kappa shape index (κ3) is 5.81. The van der Waals surface area contributed by atoms with Gasteiger partial charge < -0.3 is 15.5 Å². The molecule has 0 aromatic rings. The smallest absolute Gasteiger partial charge is 0.460 e. The standard InChI is InChI=1S/C15H10F17NO4/c16-8(17,3-5(34)4-33-6(35)1-2-7(36)37)9(18,19)10(20,21)11(22,23)12(24,25)13(26,27)14(28,29)15(30,31)32/h1-2,5,34H,3-4H2,(H,33,35)(H,36,37). The third-order valence-electron chi connectivity index (χ3n) is 4.17. The van der Waals surface area contributed by atoms with Crippen molar-refractivity contribution in [3.8, 4) is 0 Å². The van der Waals surface area contributed by atoms with Gasteiger partial charge in [-0.05, 0) is 0 Å². The molecular weight excluding hydrogens is 581 g/mol. The van der Waals surface area contributed by atoms with Gasteiger partial charge >= 0.3 is 53.6 Å². The average molecular weight is 591 g/mol. The van der Waals surface area contributed by atoms with Crippen LogP contribution in [0.4, 0.5) is 74.6 Å². The van der Waals surface area contributed by atoms with Gasteiger partial charge in [0.15, 0.2) is 0 Å². The molecule has 0 saturated carbocycles. The molecule has 0 fully saturated rings. The number of alkyl halides is 17. The van der Waals surface area contributed by atoms with Gasteiger partial charge in [-0.3, -0.25) is 4.79 Å². The zero-order valence-electron chi connectivity index (χ0n) is 16.8. The summed E-state index contributed by atoms with van der Waals surface area (Å²) in [6.45, 7) is -1.66. The number of aliphatic hydroxyl groups excluding tert-OH is 1. The molecule has 0 aliphatic heterocycles. The summed E-state index contributed by atoms with van der Waals surface area (Å²) < 4.78 is 223. The first-order valence-electron chi connectivity index (χ1n) is 8.54. The topological polar surface area (TPSA) is 86.6 Å². The molecule has 0 aliphatic carbocycles. The number of carboxylic acid groups (broad SMARTS) is 1. The molecule has 0 bridgehead atoms. The number of rotatable bonds is 12. The Morgan fingerprint density at radius 1 is 0.622 bits per heavy atom. The van der Waals surface area contributed by atoms with Crippen molar-refractivity contribution in [3.05, 3.63) is 12.2 Å². The van der Waals surface area contributed by atoms with E-state index in [1.54, 1.807) is 0 Å². The summed E-state index contributed by atoms with van der Waals surface area (Å²) in [6, 6.07) is 0. The first kappa shape index (κ1) is 34.5. The van der Waals surface area contributed by atoms with Crippen molar-refractivity contribution in [2.24, 2.45) is 0 Å². The van der Waals surface area contributed by atoms with E-state index in [4.69, 9.17) is 10.2 Å². The lowest BCUT2D eigenvalue weighted by Gasteiger charge is -2.43. The van der Waals surface area contributed by atoms with Crippen molar-refractivity contribution in [2.75, 3.05) is 6.54 Å². The minimum atomic E-state index is -8.76. The van der Waals surface area contributed by atoms with Crippen molar-refractivity contribution in [3.63, 3.8) is 0 Å². The van der Waals surface area contributed by atoms with Crippen LogP contribution in [0.2, 0.25) is 0 Å². The van der Waals surface area contributed by atoms with Gasteiger partial charge in [0.2, 0.25) is 5.91 Å². The van der Waals surface area contributed by atoms with Crippen LogP contribution in [0.25, 0.3) is 0 Å². The maximum atomic E-state index is 13.7. The van der Waals surface area contributed by atoms with E-state index < -0.39 is 78.6 Å². The largest absolute Gasteiger partial charge is 0.478 e. The normalized spacial score (nSPS) is 16.2. The molecule has 0 aliphatic rings. The highest BCUT2D eigenvalue weighted by atomic mass is 19.4. The Morgan fingerprint density at radius 3 is 1.32 bits per heavy atom. The Bertz CT molecular complexity index is 880. The minimum absolute atomic E-state index is 0.0887. The van der Waals surface area contributed by atoms with E-state index >= 15 is 0 Å². The highest BCUT2D eigenvalue weighted by Crippen LogP contribution is 2.64. The molecule has 0 aromatic heterocycles. The van der Waals surface area contributed by atoms with Gasteiger partial charge in [0.1, 0.15) is 0 Å². The molecule has 22 heteroatoms. The summed E-state index contributed by atoms with van der Waals surface area (Å²) in [4.78, 5) is 21.2. The maximum absolute atomic E-state index is 13.7. The fourth-order valence-electron chi connectivity index (χ4n) is 2.12. The summed E-state index contributed by atoms with van der Waals surface area (Å²) in [5, 5.41) is 18.6. The van der Waals surface area contributed by atoms with E-state index in [1.807, 2.05) is 0 Å². The van der Waals surface area contributed by atoms with Gasteiger partial charge in [-0.15, -0.1) is 0 Å². The van der Waals surface area contributed by atoms with Crippen molar-refractivity contribution in [1.29, 1.82) is 0 Å². The third-order valence-corrected chi connectivity index (χ3v) is 4.17. The average Bonchev–Trinajstić information content (AvgIpc) is 2.68. The molecule has 0 spiro atoms. The fraction of sp³-hybridized carbons (Fsp3) is 0.733. The van der Waals surface area contributed by atoms with E-state index in [9.17, 15) is 84.2 Å². The van der Waals surface area contributed by atoms with Crippen molar-refractivity contribution in [1.82, 2.24) is 5.32 Å². The number of nitrogens with one attached hydrogen (secondary N) is 1. The highest BCUT2D eigenvalue weighted by molar-refractivity contribution is 5.93. The Morgan fingerprint density at radius 2 is 0.973 bits per heavy atom. The zero-order valence-corrected chi connectivity index (χ0v) is 16.8. The number of hydrogen-bond donors (Lipinski definition) is 3. The lowest BCUT2D eigenvalue weighted by Crippen LogP contribution is -2.74. The van der Waals surface area contributed by atoms with Gasteiger partial charge in [-0.25, -0.2) is 4.79 Å². The molecule has 0 heterocycles. The van der Waals surface area contributed by atoms with Crippen LogP contribution in [0, 0.1) is 0 Å². The van der Waals surface area contributed by atoms with E-state index in [-0.39, 0.29) is 12.2 Å². The maximum Gasteiger partial charge on any atom is 0.460 e. The Kier molecular flexibility index (Phi) is 9.28. The van der Waals surface area contributed by atoms with Gasteiger partial charge in [0.05, 0.1) is 6.10 Å². The second kappa shape index (κ2) is 9.97. The van der Waals surface area contributed by atoms with Crippen molar-refractivity contribution < 1.29 is 94.4 Å². The highest BCUT2D eigenvalue weighted by Gasteiger charge is 2.95. The van der Waals surface area contributed by atoms with Crippen LogP contribution in [0.5, 0.6) is 0 Å². The summed E-state index contributed by atoms with van der Waals surface area (Å²) in [5.74, 6) is -61.0. The van der Waals surface area contributed by atoms with E-state index in [0.717, 1.165) is 0 Å². The predicted octanol–water partition coefficient (Wildman–Crippen LogP) is 4.50. The Hall–Kier alpha value is -2.55. The second-order valence-electron chi connectivity index (χ2n) is 6.92. The van der Waals surface area contributed by atoms with Crippen LogP contribution in [0.1, 0.15) is 6.42 Å². The molecular formula is C15H10F17NO4. The first-order valence-corrected chi connectivity index (χ1v) is 8.54. The van der Waals surface area contributed by atoms with Gasteiger partial charge in [0.25, 0.3) is 0 Å². The van der Waals surface area contributed by atoms with Crippen LogP contribution < -0.4 is 5.32 Å². The molecule has 37 heavy (non-hydrogen) atoms. The summed E-state index contributed by atoms with van der Waals surface area (Å²) in [5.41, 5.74) is 0. The number of aliphatic carboxylic acids is 1. The molecule has 1 amide bonds. The number of halogens is 17. The molecule has 218 valence electrons. The molecule has 0 radical (unpaired) electrons. The van der Waals surface area contributed by atoms with Gasteiger partial charge in [0, 0.05) is 25.1 Å². The van der Waals surface area contributed by atoms with Crippen LogP contribution in [-0.2, 0) is 9.59 Å². The SMILES string of the molecule is O=C(O)C=CC(=O)NCC(O)CC(F)(F)C(F)(F)C(F)(F)C(F)(F)C(F)(F)C(F)(F)C(F)(F)C(F)(F)F. The van der Waals surface area contributed by atoms with Crippen LogP contribution in [0.15, 0.2) is 12.2 Å². The summed E-state index contributed by atoms with van der Waals surface area (Å²) >= 11 is 0. The van der Waals surface area contributed by atoms with Crippen LogP contribution in [-0.4, -0.2) is 82.4 Å². The summed E-state index contributed by atoms with van der Waals surface area (Å²) in [7, 11) is 0. The second-order valence-corrected chi connectivity index (χ2v) is 6.92. The minimum Gasteiger partial charge on any atom is -0.478 e. The molecule has 3 N–H and O–H groups in total. The number of hydrogen-bond acceptors (Lipinski definition) is 3. The number of aliphatic hydroxyl groups is 1. The fourth-order valence-corrected chi connectivity index (χ4v) is 2.12. The molecule has 0 saturated heterocycles. The van der Waals surface area contributed by atoms with Gasteiger partial charge in [-0.2, -0.15) is 74.6 Å². The van der Waals surface area contributed by atoms with Crippen LogP contribution in [0.3, 0.4) is 0 Å². The zero-order chi connectivity index (χ0) is 30.3. The molecule has 0 aromatic carbocycles. The predicted molar refractivity (Wildman–Crippen MR) is 81.1 cm³/mol. The van der Waals surface area contributed by atoms with E-state index in [0.29, 0.717) is 0 Å². The molecule has 1 atom stereocenters. The Labute approximate surface area is 191 Å². The molecule has 0 rings (SSSR count). The summed E-state index contributed by atoms with van der Waals surface area (Å²) in [6.07, 6.45) is -14.0. The molecule has 5 nitrogen and oxygen atoms in total. The van der Waals surface area contributed by atoms with Crippen LogP contribution >= 0.6 is 0 Å². The van der Waals surface area contributed by atoms with E-state index in [2.05, 4.69) is 0 Å². The number of carboxylic acids is 1. The number of carbonyl (C=O) groups is 2. The van der Waals surface area contributed by atoms with Gasteiger partial charge in [-0.1, -0.05) is 0 Å². The Balaban J connectivity index is 6.20. The quantitative estimate of drug-likeness (QED) is 0.231. The monoisotopic (exact) mass is 591 g/mol. The molecule has 1 unspecified atom stereocenters.